The van der Waals surface area contributed by atoms with Gasteiger partial charge in [0.05, 0.1) is 11.4 Å². The Morgan fingerprint density at radius 2 is 1.86 bits per heavy atom. The van der Waals surface area contributed by atoms with Gasteiger partial charge in [-0.05, 0) is 43.7 Å². The van der Waals surface area contributed by atoms with Gasteiger partial charge in [0.2, 0.25) is 5.91 Å². The highest BCUT2D eigenvalue weighted by Crippen LogP contribution is 2.37. The van der Waals surface area contributed by atoms with Crippen molar-refractivity contribution in [2.24, 2.45) is 5.92 Å². The molecule has 1 aliphatic carbocycles. The molecule has 4 rings (SSSR count). The normalized spacial score (nSPS) is 24.9. The van der Waals surface area contributed by atoms with Gasteiger partial charge in [-0.2, -0.15) is 0 Å². The molecule has 1 amide bonds. The van der Waals surface area contributed by atoms with Crippen molar-refractivity contribution in [1.82, 2.24) is 4.90 Å². The number of piperidine rings is 1. The number of likely N-dealkylation sites (tertiary alicyclic amines) is 1. The number of amides is 1. The number of fused-ring (bicyclic) bond motifs is 1. The zero-order chi connectivity index (χ0) is 14.3. The molecule has 2 aliphatic heterocycles. The third-order valence-electron chi connectivity index (χ3n) is 5.43. The maximum Gasteiger partial charge on any atom is 0.250 e. The van der Waals surface area contributed by atoms with Crippen LogP contribution in [0.3, 0.4) is 0 Å². The van der Waals surface area contributed by atoms with Gasteiger partial charge in [0.1, 0.15) is 5.54 Å². The fourth-order valence-electron chi connectivity index (χ4n) is 3.77. The van der Waals surface area contributed by atoms with Crippen molar-refractivity contribution >= 4 is 17.3 Å². The van der Waals surface area contributed by atoms with Crippen LogP contribution in [-0.4, -0.2) is 36.0 Å². The Morgan fingerprint density at radius 3 is 2.52 bits per heavy atom. The Morgan fingerprint density at radius 1 is 1.14 bits per heavy atom. The molecule has 1 aromatic rings. The lowest BCUT2D eigenvalue weighted by molar-refractivity contribution is -0.122. The number of carbonyl (C=O) groups is 1. The van der Waals surface area contributed by atoms with E-state index in [0.29, 0.717) is 0 Å². The molecule has 1 spiro atoms. The zero-order valence-electron chi connectivity index (χ0n) is 12.4. The van der Waals surface area contributed by atoms with Crippen molar-refractivity contribution in [3.8, 4) is 0 Å². The quantitative estimate of drug-likeness (QED) is 0.878. The highest BCUT2D eigenvalue weighted by molar-refractivity contribution is 6.06. The van der Waals surface area contributed by atoms with Crippen LogP contribution in [0.1, 0.15) is 32.1 Å². The molecule has 0 unspecified atom stereocenters. The van der Waals surface area contributed by atoms with E-state index >= 15 is 0 Å². The Bertz CT molecular complexity index is 545. The van der Waals surface area contributed by atoms with Crippen LogP contribution in [0.4, 0.5) is 11.4 Å². The van der Waals surface area contributed by atoms with Gasteiger partial charge >= 0.3 is 0 Å². The molecule has 0 bridgehead atoms. The molecule has 112 valence electrons. The van der Waals surface area contributed by atoms with E-state index in [9.17, 15) is 4.79 Å². The van der Waals surface area contributed by atoms with Crippen LogP contribution in [0.25, 0.3) is 0 Å². The third kappa shape index (κ3) is 2.31. The van der Waals surface area contributed by atoms with E-state index in [-0.39, 0.29) is 5.91 Å². The smallest absolute Gasteiger partial charge is 0.250 e. The zero-order valence-corrected chi connectivity index (χ0v) is 12.4. The number of anilines is 2. The first-order valence-electron chi connectivity index (χ1n) is 8.16. The minimum atomic E-state index is -0.398. The fraction of sp³-hybridized carbons (Fsp3) is 0.588. The maximum absolute atomic E-state index is 12.5. The van der Waals surface area contributed by atoms with Crippen molar-refractivity contribution in [2.75, 3.05) is 30.3 Å². The van der Waals surface area contributed by atoms with E-state index in [2.05, 4.69) is 21.6 Å². The Labute approximate surface area is 125 Å². The number of nitrogens with one attached hydrogen (secondary N) is 2. The SMILES string of the molecule is O=C1Nc2ccccc2NC12CCN(CC1CCC1)CC2. The predicted molar refractivity (Wildman–Crippen MR) is 84.4 cm³/mol. The predicted octanol–water partition coefficient (Wildman–Crippen LogP) is 2.69. The fourth-order valence-corrected chi connectivity index (χ4v) is 3.77. The van der Waals surface area contributed by atoms with Crippen LogP contribution in [-0.2, 0) is 4.79 Å². The number of hydrogen-bond donors (Lipinski definition) is 2. The van der Waals surface area contributed by atoms with Gasteiger partial charge < -0.3 is 15.5 Å². The summed E-state index contributed by atoms with van der Waals surface area (Å²) in [5.41, 5.74) is 1.57. The van der Waals surface area contributed by atoms with Crippen LogP contribution in [0.15, 0.2) is 24.3 Å². The van der Waals surface area contributed by atoms with E-state index in [1.54, 1.807) is 0 Å². The lowest BCUT2D eigenvalue weighted by Crippen LogP contribution is -2.58. The summed E-state index contributed by atoms with van der Waals surface area (Å²) in [6.45, 7) is 3.28. The third-order valence-corrected chi connectivity index (χ3v) is 5.43. The van der Waals surface area contributed by atoms with E-state index < -0.39 is 5.54 Å². The number of nitrogens with zero attached hydrogens (tertiary/aromatic N) is 1. The maximum atomic E-state index is 12.5. The molecule has 1 saturated heterocycles. The van der Waals surface area contributed by atoms with Gasteiger partial charge in [-0.25, -0.2) is 0 Å². The molecule has 2 fully saturated rings. The summed E-state index contributed by atoms with van der Waals surface area (Å²) in [7, 11) is 0. The second-order valence-corrected chi connectivity index (χ2v) is 6.80. The molecule has 2 N–H and O–H groups in total. The molecule has 0 aromatic heterocycles. The summed E-state index contributed by atoms with van der Waals surface area (Å²) >= 11 is 0. The second kappa shape index (κ2) is 5.02. The van der Waals surface area contributed by atoms with Crippen molar-refractivity contribution in [1.29, 1.82) is 0 Å². The van der Waals surface area contributed by atoms with Gasteiger partial charge in [0.15, 0.2) is 0 Å². The molecule has 3 aliphatic rings. The van der Waals surface area contributed by atoms with Crippen molar-refractivity contribution in [3.05, 3.63) is 24.3 Å². The number of benzene rings is 1. The average molecular weight is 285 g/mol. The number of para-hydroxylation sites is 2. The summed E-state index contributed by atoms with van der Waals surface area (Å²) in [6, 6.07) is 7.98. The van der Waals surface area contributed by atoms with Crippen LogP contribution in [0.5, 0.6) is 0 Å². The average Bonchev–Trinajstić information content (AvgIpc) is 2.46. The number of rotatable bonds is 2. The molecule has 2 heterocycles. The summed E-state index contributed by atoms with van der Waals surface area (Å²) in [5, 5.41) is 6.60. The van der Waals surface area contributed by atoms with Crippen LogP contribution >= 0.6 is 0 Å². The van der Waals surface area contributed by atoms with Crippen LogP contribution in [0.2, 0.25) is 0 Å². The molecule has 21 heavy (non-hydrogen) atoms. The molecular formula is C17H23N3O. The Kier molecular flexibility index (Phi) is 3.14. The van der Waals surface area contributed by atoms with E-state index in [4.69, 9.17) is 0 Å². The molecular weight excluding hydrogens is 262 g/mol. The Hall–Kier alpha value is -1.55. The highest BCUT2D eigenvalue weighted by Gasteiger charge is 2.44. The van der Waals surface area contributed by atoms with E-state index in [1.807, 2.05) is 18.2 Å². The van der Waals surface area contributed by atoms with Gasteiger partial charge in [-0.15, -0.1) is 0 Å². The van der Waals surface area contributed by atoms with Crippen LogP contribution < -0.4 is 10.6 Å². The summed E-state index contributed by atoms with van der Waals surface area (Å²) in [5.74, 6) is 1.05. The van der Waals surface area contributed by atoms with Gasteiger partial charge in [0, 0.05) is 19.6 Å². The van der Waals surface area contributed by atoms with Crippen molar-refractivity contribution in [3.63, 3.8) is 0 Å². The summed E-state index contributed by atoms with van der Waals surface area (Å²) in [6.07, 6.45) is 6.00. The summed E-state index contributed by atoms with van der Waals surface area (Å²) < 4.78 is 0. The highest BCUT2D eigenvalue weighted by atomic mass is 16.2. The standard InChI is InChI=1S/C17H23N3O/c21-16-17(19-15-7-2-1-6-14(15)18-16)8-10-20(11-9-17)12-13-4-3-5-13/h1-2,6-7,13,19H,3-5,8-12H2,(H,18,21). The Balaban J connectivity index is 1.45. The lowest BCUT2D eigenvalue weighted by atomic mass is 9.82. The number of carbonyl (C=O) groups excluding carboxylic acids is 1. The summed E-state index contributed by atoms with van der Waals surface area (Å²) in [4.78, 5) is 15.1. The van der Waals surface area contributed by atoms with Gasteiger partial charge in [-0.3, -0.25) is 4.79 Å². The first kappa shape index (κ1) is 13.1. The van der Waals surface area contributed by atoms with Gasteiger partial charge in [0.25, 0.3) is 0 Å². The monoisotopic (exact) mass is 285 g/mol. The molecule has 0 radical (unpaired) electrons. The minimum absolute atomic E-state index is 0.143. The first-order chi connectivity index (χ1) is 10.3. The lowest BCUT2D eigenvalue weighted by Gasteiger charge is -2.45. The van der Waals surface area contributed by atoms with Crippen molar-refractivity contribution in [2.45, 2.75) is 37.6 Å². The molecule has 1 aromatic carbocycles. The number of hydrogen-bond acceptors (Lipinski definition) is 3. The van der Waals surface area contributed by atoms with E-state index in [1.165, 1.54) is 25.8 Å². The molecule has 1 saturated carbocycles. The topological polar surface area (TPSA) is 44.4 Å². The molecule has 4 nitrogen and oxygen atoms in total. The molecule has 0 atom stereocenters. The largest absolute Gasteiger partial charge is 0.369 e. The van der Waals surface area contributed by atoms with Crippen LogP contribution in [0, 0.1) is 5.92 Å². The van der Waals surface area contributed by atoms with Gasteiger partial charge in [-0.1, -0.05) is 18.6 Å². The first-order valence-corrected chi connectivity index (χ1v) is 8.16. The molecule has 4 heteroatoms. The van der Waals surface area contributed by atoms with Crippen molar-refractivity contribution < 1.29 is 4.79 Å². The van der Waals surface area contributed by atoms with E-state index in [0.717, 1.165) is 43.2 Å². The second-order valence-electron chi connectivity index (χ2n) is 6.80. The minimum Gasteiger partial charge on any atom is -0.369 e.